The van der Waals surface area contributed by atoms with Gasteiger partial charge >= 0.3 is 0 Å². The minimum Gasteiger partial charge on any atom is -0.495 e. The molecular formula is C25H24N2O4S. The second-order valence-electron chi connectivity index (χ2n) is 7.71. The normalized spacial score (nSPS) is 11.5. The molecule has 1 N–H and O–H groups in total. The maximum absolute atomic E-state index is 13.3. The minimum absolute atomic E-state index is 0.0406. The van der Waals surface area contributed by atoms with Gasteiger partial charge in [-0.2, -0.15) is 0 Å². The molecule has 1 heterocycles. The van der Waals surface area contributed by atoms with Crippen LogP contribution in [0.5, 0.6) is 5.75 Å². The van der Waals surface area contributed by atoms with Crippen molar-refractivity contribution in [3.8, 4) is 5.75 Å². The van der Waals surface area contributed by atoms with Crippen molar-refractivity contribution in [2.24, 2.45) is 0 Å². The lowest BCUT2D eigenvalue weighted by Gasteiger charge is -2.12. The number of anilines is 1. The lowest BCUT2D eigenvalue weighted by molar-refractivity contribution is -0.116. The van der Waals surface area contributed by atoms with Gasteiger partial charge in [0.15, 0.2) is 0 Å². The number of para-hydroxylation sites is 1. The molecule has 0 saturated heterocycles. The first-order valence-electron chi connectivity index (χ1n) is 10.1. The third-order valence-electron chi connectivity index (χ3n) is 5.32. The van der Waals surface area contributed by atoms with E-state index in [2.05, 4.69) is 5.32 Å². The number of fused-ring (bicyclic) bond motifs is 1. The molecule has 1 amide bonds. The van der Waals surface area contributed by atoms with Crippen LogP contribution in [-0.4, -0.2) is 26.0 Å². The molecule has 6 nitrogen and oxygen atoms in total. The summed E-state index contributed by atoms with van der Waals surface area (Å²) in [6.45, 7) is 3.79. The Morgan fingerprint density at radius 3 is 2.38 bits per heavy atom. The zero-order chi connectivity index (χ0) is 22.9. The highest BCUT2D eigenvalue weighted by Gasteiger charge is 2.24. The Morgan fingerprint density at radius 2 is 1.66 bits per heavy atom. The number of hydrogen-bond acceptors (Lipinski definition) is 4. The van der Waals surface area contributed by atoms with Gasteiger partial charge in [0.1, 0.15) is 12.3 Å². The van der Waals surface area contributed by atoms with Crippen LogP contribution in [0.3, 0.4) is 0 Å². The van der Waals surface area contributed by atoms with Gasteiger partial charge in [-0.3, -0.25) is 4.79 Å². The van der Waals surface area contributed by atoms with Gasteiger partial charge in [0.2, 0.25) is 15.7 Å². The second-order valence-corrected chi connectivity index (χ2v) is 9.62. The maximum atomic E-state index is 13.3. The van der Waals surface area contributed by atoms with E-state index in [0.29, 0.717) is 22.3 Å². The number of amides is 1. The van der Waals surface area contributed by atoms with Gasteiger partial charge in [0.05, 0.1) is 22.6 Å². The molecule has 0 unspecified atom stereocenters. The van der Waals surface area contributed by atoms with Gasteiger partial charge in [-0.1, -0.05) is 42.0 Å². The van der Waals surface area contributed by atoms with Crippen LogP contribution in [0.25, 0.3) is 10.9 Å². The van der Waals surface area contributed by atoms with Gasteiger partial charge in [0, 0.05) is 17.1 Å². The largest absolute Gasteiger partial charge is 0.495 e. The van der Waals surface area contributed by atoms with E-state index >= 15 is 0 Å². The molecular weight excluding hydrogens is 424 g/mol. The number of sulfone groups is 1. The molecule has 32 heavy (non-hydrogen) atoms. The van der Waals surface area contributed by atoms with Gasteiger partial charge in [0.25, 0.3) is 0 Å². The number of hydrogen-bond donors (Lipinski definition) is 1. The summed E-state index contributed by atoms with van der Waals surface area (Å²) >= 11 is 0. The molecule has 4 aromatic rings. The number of nitrogens with one attached hydrogen (secondary N) is 1. The number of nitrogens with zero attached hydrogens (tertiary/aromatic N) is 1. The first-order valence-corrected chi connectivity index (χ1v) is 11.6. The number of aromatic nitrogens is 1. The van der Waals surface area contributed by atoms with E-state index in [4.69, 9.17) is 4.74 Å². The highest BCUT2D eigenvalue weighted by molar-refractivity contribution is 7.91. The standard InChI is InChI=1S/C25H24N2O4S/c1-17-8-11-19(12-9-17)32(29,30)24-15-27(22-7-5-4-6-20(22)24)16-25(28)26-21-14-18(2)10-13-23(21)31-3/h4-15H,16H2,1-3H3,(H,26,28). The molecule has 0 spiro atoms. The Morgan fingerprint density at radius 1 is 0.969 bits per heavy atom. The van der Waals surface area contributed by atoms with E-state index in [9.17, 15) is 13.2 Å². The van der Waals surface area contributed by atoms with Crippen molar-refractivity contribution >= 4 is 32.3 Å². The van der Waals surface area contributed by atoms with Crippen molar-refractivity contribution in [3.05, 3.63) is 84.1 Å². The first-order chi connectivity index (χ1) is 15.3. The van der Waals surface area contributed by atoms with Crippen LogP contribution >= 0.6 is 0 Å². The highest BCUT2D eigenvalue weighted by atomic mass is 32.2. The molecule has 4 rings (SSSR count). The van der Waals surface area contributed by atoms with Crippen LogP contribution in [0.15, 0.2) is 82.7 Å². The maximum Gasteiger partial charge on any atom is 0.244 e. The predicted octanol–water partition coefficient (Wildman–Crippen LogP) is 4.74. The molecule has 0 aliphatic carbocycles. The molecule has 7 heteroatoms. The highest BCUT2D eigenvalue weighted by Crippen LogP contribution is 2.31. The molecule has 0 fully saturated rings. The summed E-state index contributed by atoms with van der Waals surface area (Å²) < 4.78 is 33.7. The van der Waals surface area contributed by atoms with E-state index in [1.54, 1.807) is 54.1 Å². The summed E-state index contributed by atoms with van der Waals surface area (Å²) in [5.41, 5.74) is 3.21. The Balaban J connectivity index is 1.70. The van der Waals surface area contributed by atoms with Crippen molar-refractivity contribution in [2.75, 3.05) is 12.4 Å². The van der Waals surface area contributed by atoms with Crippen LogP contribution in [0, 0.1) is 13.8 Å². The average Bonchev–Trinajstić information content (AvgIpc) is 3.13. The van der Waals surface area contributed by atoms with Crippen LogP contribution in [0.2, 0.25) is 0 Å². The van der Waals surface area contributed by atoms with Gasteiger partial charge in [-0.05, 0) is 49.7 Å². The Bertz CT molecular complexity index is 1400. The number of ether oxygens (including phenoxy) is 1. The van der Waals surface area contributed by atoms with E-state index in [-0.39, 0.29) is 22.2 Å². The van der Waals surface area contributed by atoms with E-state index in [1.807, 2.05) is 38.1 Å². The lowest BCUT2D eigenvalue weighted by atomic mass is 10.2. The van der Waals surface area contributed by atoms with E-state index in [0.717, 1.165) is 11.1 Å². The lowest BCUT2D eigenvalue weighted by Crippen LogP contribution is -2.18. The molecule has 0 saturated carbocycles. The van der Waals surface area contributed by atoms with Gasteiger partial charge in [-0.15, -0.1) is 0 Å². The zero-order valence-corrected chi connectivity index (χ0v) is 18.9. The molecule has 0 aliphatic rings. The molecule has 1 aromatic heterocycles. The van der Waals surface area contributed by atoms with Crippen molar-refractivity contribution in [1.82, 2.24) is 4.57 Å². The number of methoxy groups -OCH3 is 1. The van der Waals surface area contributed by atoms with Crippen molar-refractivity contribution < 1.29 is 17.9 Å². The summed E-state index contributed by atoms with van der Waals surface area (Å²) in [4.78, 5) is 13.2. The summed E-state index contributed by atoms with van der Waals surface area (Å²) in [6, 6.07) is 19.5. The topological polar surface area (TPSA) is 77.4 Å². The quantitative estimate of drug-likeness (QED) is 0.462. The van der Waals surface area contributed by atoms with E-state index in [1.165, 1.54) is 6.20 Å². The van der Waals surface area contributed by atoms with Crippen molar-refractivity contribution in [2.45, 2.75) is 30.2 Å². The number of carbonyl (C=O) groups is 1. The number of aryl methyl sites for hydroxylation is 2. The molecule has 0 bridgehead atoms. The Hall–Kier alpha value is -3.58. The van der Waals surface area contributed by atoms with Crippen LogP contribution in [0.1, 0.15) is 11.1 Å². The number of rotatable bonds is 6. The SMILES string of the molecule is COc1ccc(C)cc1NC(=O)Cn1cc(S(=O)(=O)c2ccc(C)cc2)c2ccccc21. The first kappa shape index (κ1) is 21.6. The summed E-state index contributed by atoms with van der Waals surface area (Å²) in [6.07, 6.45) is 1.53. The molecule has 0 aliphatic heterocycles. The predicted molar refractivity (Wildman–Crippen MR) is 125 cm³/mol. The van der Waals surface area contributed by atoms with Crippen molar-refractivity contribution in [3.63, 3.8) is 0 Å². The molecule has 3 aromatic carbocycles. The minimum atomic E-state index is -3.75. The number of carbonyl (C=O) groups excluding carboxylic acids is 1. The second kappa shape index (κ2) is 8.51. The van der Waals surface area contributed by atoms with Crippen LogP contribution in [0.4, 0.5) is 5.69 Å². The van der Waals surface area contributed by atoms with Crippen LogP contribution < -0.4 is 10.1 Å². The third kappa shape index (κ3) is 4.11. The third-order valence-corrected chi connectivity index (χ3v) is 7.11. The fourth-order valence-corrected chi connectivity index (χ4v) is 5.14. The molecule has 0 radical (unpaired) electrons. The fourth-order valence-electron chi connectivity index (χ4n) is 3.67. The van der Waals surface area contributed by atoms with Crippen molar-refractivity contribution in [1.29, 1.82) is 0 Å². The van der Waals surface area contributed by atoms with Crippen LogP contribution in [-0.2, 0) is 21.2 Å². The number of benzene rings is 3. The molecule has 0 atom stereocenters. The summed E-state index contributed by atoms with van der Waals surface area (Å²) in [5.74, 6) is 0.276. The Kier molecular flexibility index (Phi) is 5.76. The fraction of sp³-hybridized carbons (Fsp3) is 0.160. The summed E-state index contributed by atoms with van der Waals surface area (Å²) in [7, 11) is -2.20. The van der Waals surface area contributed by atoms with Gasteiger partial charge < -0.3 is 14.6 Å². The average molecular weight is 449 g/mol. The van der Waals surface area contributed by atoms with Gasteiger partial charge in [-0.25, -0.2) is 8.42 Å². The summed E-state index contributed by atoms with van der Waals surface area (Å²) in [5, 5.41) is 3.44. The smallest absolute Gasteiger partial charge is 0.244 e. The monoisotopic (exact) mass is 448 g/mol. The Labute approximate surface area is 187 Å². The zero-order valence-electron chi connectivity index (χ0n) is 18.1. The van der Waals surface area contributed by atoms with E-state index < -0.39 is 9.84 Å². The molecule has 164 valence electrons.